The van der Waals surface area contributed by atoms with Crippen molar-refractivity contribution >= 4 is 11.9 Å². The lowest BCUT2D eigenvalue weighted by molar-refractivity contribution is -0.305. The Bertz CT molecular complexity index is 1560. The third-order valence-corrected chi connectivity index (χ3v) is 14.0. The molecule has 0 aromatic rings. The zero-order valence-electron chi connectivity index (χ0n) is 48.3. The predicted molar refractivity (Wildman–Crippen MR) is 315 cm³/mol. The molecule has 1 amide bonds. The number of aliphatic hydroxyl groups is 5. The monoisotopic (exact) mass is 1070 g/mol. The van der Waals surface area contributed by atoms with Gasteiger partial charge in [-0.05, 0) is 96.3 Å². The number of hydrogen-bond acceptors (Lipinski definition) is 10. The molecule has 1 aliphatic heterocycles. The fraction of sp³-hybridized carbons (Fsp3) is 0.754. The number of nitrogens with one attached hydrogen (secondary N) is 1. The van der Waals surface area contributed by atoms with E-state index < -0.39 is 67.4 Å². The lowest BCUT2D eigenvalue weighted by Gasteiger charge is -2.41. The summed E-state index contributed by atoms with van der Waals surface area (Å²) in [7, 11) is 0. The lowest BCUT2D eigenvalue weighted by atomic mass is 9.99. The highest BCUT2D eigenvalue weighted by atomic mass is 16.7. The van der Waals surface area contributed by atoms with Crippen molar-refractivity contribution in [2.75, 3.05) is 13.2 Å². The minimum absolute atomic E-state index is 0.0975. The fourth-order valence-electron chi connectivity index (χ4n) is 9.09. The van der Waals surface area contributed by atoms with Crippen LogP contribution in [-0.4, -0.2) is 99.6 Å². The first-order chi connectivity index (χ1) is 37.2. The largest absolute Gasteiger partial charge is 0.454 e. The van der Waals surface area contributed by atoms with Crippen molar-refractivity contribution in [1.82, 2.24) is 5.32 Å². The van der Waals surface area contributed by atoms with E-state index in [-0.39, 0.29) is 19.4 Å². The van der Waals surface area contributed by atoms with Gasteiger partial charge in [-0.25, -0.2) is 0 Å². The average Bonchev–Trinajstić information content (AvgIpc) is 3.42. The van der Waals surface area contributed by atoms with Crippen LogP contribution in [0.2, 0.25) is 0 Å². The van der Waals surface area contributed by atoms with Crippen LogP contribution in [0.3, 0.4) is 0 Å². The summed E-state index contributed by atoms with van der Waals surface area (Å²) < 4.78 is 17.6. The van der Waals surface area contributed by atoms with Crippen molar-refractivity contribution in [2.45, 2.75) is 301 Å². The summed E-state index contributed by atoms with van der Waals surface area (Å²) in [6.45, 7) is 5.70. The Kier molecular flexibility index (Phi) is 49.0. The van der Waals surface area contributed by atoms with Gasteiger partial charge in [-0.3, -0.25) is 9.59 Å². The van der Waals surface area contributed by atoms with Gasteiger partial charge in [0.2, 0.25) is 5.91 Å². The van der Waals surface area contributed by atoms with E-state index in [1.807, 2.05) is 6.08 Å². The first-order valence-corrected chi connectivity index (χ1v) is 30.9. The number of rotatable bonds is 51. The van der Waals surface area contributed by atoms with E-state index >= 15 is 0 Å². The highest BCUT2D eigenvalue weighted by Gasteiger charge is 2.47. The number of aliphatic hydroxyl groups excluding tert-OH is 5. The molecule has 0 aromatic heterocycles. The van der Waals surface area contributed by atoms with Crippen LogP contribution in [0, 0.1) is 0 Å². The molecule has 0 radical (unpaired) electrons. The molecule has 0 aromatic carbocycles. The van der Waals surface area contributed by atoms with Crippen LogP contribution in [0.25, 0.3) is 0 Å². The molecule has 76 heavy (non-hydrogen) atoms. The summed E-state index contributed by atoms with van der Waals surface area (Å²) in [6.07, 6.45) is 57.5. The molecule has 0 aliphatic carbocycles. The van der Waals surface area contributed by atoms with Gasteiger partial charge in [-0.15, -0.1) is 0 Å². The van der Waals surface area contributed by atoms with Crippen molar-refractivity contribution in [2.24, 2.45) is 0 Å². The van der Waals surface area contributed by atoms with Crippen LogP contribution in [0.1, 0.15) is 252 Å². The molecule has 438 valence electrons. The fourth-order valence-corrected chi connectivity index (χ4v) is 9.09. The molecule has 6 N–H and O–H groups in total. The Morgan fingerprint density at radius 1 is 0.526 bits per heavy atom. The molecule has 11 heteroatoms. The Balaban J connectivity index is 2.70. The van der Waals surface area contributed by atoms with Crippen molar-refractivity contribution in [3.8, 4) is 0 Å². The Morgan fingerprint density at radius 3 is 1.46 bits per heavy atom. The van der Waals surface area contributed by atoms with Crippen molar-refractivity contribution in [3.05, 3.63) is 85.1 Å². The lowest BCUT2D eigenvalue weighted by Crippen LogP contribution is -2.61. The Labute approximate surface area is 463 Å². The van der Waals surface area contributed by atoms with Crippen molar-refractivity contribution in [1.29, 1.82) is 0 Å². The molecule has 0 saturated carbocycles. The second-order valence-corrected chi connectivity index (χ2v) is 21.1. The third kappa shape index (κ3) is 40.1. The molecule has 8 unspecified atom stereocenters. The maximum atomic E-state index is 13.4. The topological polar surface area (TPSA) is 175 Å². The van der Waals surface area contributed by atoms with E-state index in [4.69, 9.17) is 14.2 Å². The van der Waals surface area contributed by atoms with E-state index in [9.17, 15) is 35.1 Å². The van der Waals surface area contributed by atoms with Gasteiger partial charge in [-0.2, -0.15) is 0 Å². The van der Waals surface area contributed by atoms with Crippen LogP contribution in [-0.2, 0) is 23.8 Å². The second kappa shape index (κ2) is 52.5. The van der Waals surface area contributed by atoms with Crippen molar-refractivity contribution in [3.63, 3.8) is 0 Å². The van der Waals surface area contributed by atoms with Crippen LogP contribution in [0.4, 0.5) is 0 Å². The van der Waals surface area contributed by atoms with E-state index in [0.717, 1.165) is 109 Å². The van der Waals surface area contributed by atoms with E-state index in [1.165, 1.54) is 96.3 Å². The van der Waals surface area contributed by atoms with Gasteiger partial charge >= 0.3 is 5.97 Å². The van der Waals surface area contributed by atoms with E-state index in [1.54, 1.807) is 6.08 Å². The highest BCUT2D eigenvalue weighted by Crippen LogP contribution is 2.26. The van der Waals surface area contributed by atoms with Gasteiger partial charge in [0.15, 0.2) is 12.4 Å². The number of amides is 1. The number of carbonyl (C=O) groups excluding carboxylic acids is 2. The number of carbonyl (C=O) groups is 2. The number of unbranched alkanes of at least 4 members (excludes halogenated alkanes) is 26. The van der Waals surface area contributed by atoms with Gasteiger partial charge in [0, 0.05) is 6.42 Å². The van der Waals surface area contributed by atoms with Gasteiger partial charge in [-0.1, -0.05) is 234 Å². The summed E-state index contributed by atoms with van der Waals surface area (Å²) in [4.78, 5) is 26.5. The zero-order chi connectivity index (χ0) is 55.4. The summed E-state index contributed by atoms with van der Waals surface area (Å²) >= 11 is 0. The van der Waals surface area contributed by atoms with Gasteiger partial charge in [0.1, 0.15) is 24.4 Å². The standard InChI is InChI=1S/C65H113NO10/c1-4-7-10-13-16-19-22-25-27-28-29-30-31-32-33-35-38-41-44-47-50-53-60(70)76-63-62(72)61(71)59(54-67)75-65(63)74-55-56(57(68)51-48-45-42-39-36-24-21-18-15-12-9-6-3)66-64(73)58(69)52-49-46-43-40-37-34-26-23-20-17-14-11-8-5-2/h16-17,19-20,23,25-27,29-30,32-33,48,51,56-59,61-63,65,67-69,71-72H,4-15,18,21-22,24,28,31,34-47,49-50,52-55H2,1-3H3,(H,66,73)/b19-16-,20-17+,26-23+,27-25-,30-29-,33-32-,51-48+. The smallest absolute Gasteiger partial charge is 0.306 e. The molecule has 0 bridgehead atoms. The third-order valence-electron chi connectivity index (χ3n) is 14.0. The quantitative estimate of drug-likeness (QED) is 0.0149. The van der Waals surface area contributed by atoms with Crippen molar-refractivity contribution < 1.29 is 49.3 Å². The molecule has 1 heterocycles. The van der Waals surface area contributed by atoms with E-state index in [2.05, 4.69) is 99.0 Å². The molecule has 8 atom stereocenters. The Morgan fingerprint density at radius 2 is 0.947 bits per heavy atom. The first kappa shape index (κ1) is 70.9. The summed E-state index contributed by atoms with van der Waals surface area (Å²) in [5.41, 5.74) is 0. The average molecular weight is 1070 g/mol. The molecular formula is C65H113NO10. The highest BCUT2D eigenvalue weighted by molar-refractivity contribution is 5.80. The van der Waals surface area contributed by atoms with Gasteiger partial charge < -0.3 is 45.1 Å². The maximum Gasteiger partial charge on any atom is 0.306 e. The molecule has 1 aliphatic rings. The molecule has 1 saturated heterocycles. The molecule has 1 fully saturated rings. The first-order valence-electron chi connectivity index (χ1n) is 30.9. The Hall–Kier alpha value is -3.16. The van der Waals surface area contributed by atoms with Crippen LogP contribution < -0.4 is 5.32 Å². The summed E-state index contributed by atoms with van der Waals surface area (Å²) in [6, 6.07) is -1.04. The number of ether oxygens (including phenoxy) is 3. The SMILES string of the molecule is CCCCC/C=C\C/C=C\C/C=C\C/C=C\CCCCCCCC(=O)OC1C(OCC(NC(=O)C(O)CCCCCCC/C=C/C=C/CCCCC)C(O)/C=C/CCCCCCCCCCCC)OC(CO)C(O)C1O. The molecule has 1 rings (SSSR count). The van der Waals surface area contributed by atoms with E-state index in [0.29, 0.717) is 12.8 Å². The zero-order valence-corrected chi connectivity index (χ0v) is 48.3. The summed E-state index contributed by atoms with van der Waals surface area (Å²) in [5, 5.41) is 56.9. The minimum atomic E-state index is -1.63. The number of hydrogen-bond donors (Lipinski definition) is 6. The molecule has 0 spiro atoms. The van der Waals surface area contributed by atoms with Crippen LogP contribution >= 0.6 is 0 Å². The van der Waals surface area contributed by atoms with Gasteiger partial charge in [0.05, 0.1) is 25.4 Å². The number of allylic oxidation sites excluding steroid dienone is 13. The van der Waals surface area contributed by atoms with Crippen LogP contribution in [0.15, 0.2) is 85.1 Å². The van der Waals surface area contributed by atoms with Gasteiger partial charge in [0.25, 0.3) is 0 Å². The minimum Gasteiger partial charge on any atom is -0.454 e. The van der Waals surface area contributed by atoms with Crippen LogP contribution in [0.5, 0.6) is 0 Å². The summed E-state index contributed by atoms with van der Waals surface area (Å²) in [5.74, 6) is -1.23. The molecule has 11 nitrogen and oxygen atoms in total. The molecular weight excluding hydrogens is 955 g/mol. The number of esters is 1. The maximum absolute atomic E-state index is 13.4. The second-order valence-electron chi connectivity index (χ2n) is 21.1. The predicted octanol–water partition coefficient (Wildman–Crippen LogP) is 14.6. The normalized spacial score (nSPS) is 19.7.